The summed E-state index contributed by atoms with van der Waals surface area (Å²) in [5, 5.41) is -3.73. The summed E-state index contributed by atoms with van der Waals surface area (Å²) >= 11 is 0. The summed E-state index contributed by atoms with van der Waals surface area (Å²) in [5.41, 5.74) is -1.22. The third-order valence-corrected chi connectivity index (χ3v) is 8.77. The Morgan fingerprint density at radius 3 is 2.21 bits per heavy atom. The van der Waals surface area contributed by atoms with E-state index >= 15 is 0 Å². The molecule has 156 valence electrons. The molecule has 3 heterocycles. The molecule has 2 fully saturated rings. The topological polar surface area (TPSA) is 72.5 Å². The third kappa shape index (κ3) is 2.23. The second kappa shape index (κ2) is 5.30. The quantitative estimate of drug-likeness (QED) is 0.513. The van der Waals surface area contributed by atoms with Crippen molar-refractivity contribution >= 4 is 13.5 Å². The molecule has 4 rings (SSSR count). The van der Waals surface area contributed by atoms with Crippen molar-refractivity contribution in [3.8, 4) is 11.5 Å². The van der Waals surface area contributed by atoms with E-state index in [1.54, 1.807) is 26.0 Å². The number of para-hydroxylation sites is 2. The van der Waals surface area contributed by atoms with Gasteiger partial charge in [-0.3, -0.25) is 0 Å². The van der Waals surface area contributed by atoms with Crippen LogP contribution in [0.4, 0.5) is 13.2 Å². The van der Waals surface area contributed by atoms with Crippen LogP contribution in [-0.2, 0) is 23.3 Å². The van der Waals surface area contributed by atoms with E-state index in [0.29, 0.717) is 0 Å². The zero-order valence-corrected chi connectivity index (χ0v) is 16.6. The van der Waals surface area contributed by atoms with Gasteiger partial charge in [-0.05, 0) is 0 Å². The first kappa shape index (κ1) is 19.7. The Morgan fingerprint density at radius 1 is 1.14 bits per heavy atom. The van der Waals surface area contributed by atoms with Crippen molar-refractivity contribution in [2.45, 2.75) is 57.0 Å². The second-order valence-corrected chi connectivity index (χ2v) is 10.6. The minimum atomic E-state index is -5.83. The van der Waals surface area contributed by atoms with E-state index < -0.39 is 36.4 Å². The molecule has 0 radical (unpaired) electrons. The second-order valence-electron chi connectivity index (χ2n) is 7.66. The molecule has 7 nitrogen and oxygen atoms in total. The summed E-state index contributed by atoms with van der Waals surface area (Å²) < 4.78 is 77.3. The first-order valence-electron chi connectivity index (χ1n) is 8.68. The summed E-state index contributed by atoms with van der Waals surface area (Å²) in [4.78, 5) is 12.9. The van der Waals surface area contributed by atoms with Gasteiger partial charge in [-0.1, -0.05) is 0 Å². The molecule has 2 saturated heterocycles. The molecule has 1 aromatic carbocycles. The summed E-state index contributed by atoms with van der Waals surface area (Å²) in [6.45, 7) is 5.47. The van der Waals surface area contributed by atoms with Crippen molar-refractivity contribution in [2.75, 3.05) is 6.61 Å². The Labute approximate surface area is 159 Å². The van der Waals surface area contributed by atoms with Crippen LogP contribution in [0.15, 0.2) is 24.3 Å². The fourth-order valence-electron chi connectivity index (χ4n) is 4.15. The van der Waals surface area contributed by atoms with E-state index in [0.717, 1.165) is 0 Å². The molecule has 1 aromatic rings. The van der Waals surface area contributed by atoms with E-state index in [-0.39, 0.29) is 24.5 Å². The first-order valence-corrected chi connectivity index (χ1v) is 10.6. The summed E-state index contributed by atoms with van der Waals surface area (Å²) in [7, 11) is -5.83. The number of alkyl halides is 3. The van der Waals surface area contributed by atoms with Crippen LogP contribution in [-0.4, -0.2) is 35.5 Å². The molecule has 28 heavy (non-hydrogen) atoms. The van der Waals surface area contributed by atoms with Gasteiger partial charge >= 0.3 is 158 Å². The fraction of sp³-hybridized carbons (Fsp3) is 0.588. The third-order valence-electron chi connectivity index (χ3n) is 4.68. The van der Waals surface area contributed by atoms with Crippen molar-refractivity contribution in [1.29, 1.82) is 0 Å². The molecule has 1 spiro atoms. The van der Waals surface area contributed by atoms with Gasteiger partial charge < -0.3 is 0 Å². The van der Waals surface area contributed by atoms with E-state index in [2.05, 4.69) is 0 Å². The van der Waals surface area contributed by atoms with Gasteiger partial charge in [0.2, 0.25) is 0 Å². The number of fused-ring (bicyclic) bond motifs is 2. The number of carbonyl (C=O) groups excluding carboxylic acids is 1. The Hall–Kier alpha value is -1.61. The van der Waals surface area contributed by atoms with Crippen LogP contribution in [0.25, 0.3) is 0 Å². The van der Waals surface area contributed by atoms with Crippen molar-refractivity contribution in [3.63, 3.8) is 0 Å². The van der Waals surface area contributed by atoms with E-state index in [4.69, 9.17) is 27.6 Å². The Kier molecular flexibility index (Phi) is 3.73. The van der Waals surface area contributed by atoms with Gasteiger partial charge in [0.1, 0.15) is 0 Å². The summed E-state index contributed by atoms with van der Waals surface area (Å²) in [6, 6.07) is 5.90. The normalized spacial score (nSPS) is 35.2. The molecule has 2 bridgehead atoms. The van der Waals surface area contributed by atoms with Crippen LogP contribution in [0, 0.1) is 0 Å². The van der Waals surface area contributed by atoms with Crippen molar-refractivity contribution < 1.29 is 45.5 Å². The summed E-state index contributed by atoms with van der Waals surface area (Å²) in [5.74, 6) is -3.66. The fourth-order valence-corrected chi connectivity index (χ4v) is 8.67. The Morgan fingerprint density at radius 2 is 1.71 bits per heavy atom. The monoisotopic (exact) mass is 424 g/mol. The maximum atomic E-state index is 14.7. The minimum absolute atomic E-state index is 0.0383. The average Bonchev–Trinajstić information content (AvgIpc) is 2.92. The molecule has 0 amide bonds. The molecule has 0 N–H and O–H groups in total. The van der Waals surface area contributed by atoms with Gasteiger partial charge in [-0.2, -0.15) is 0 Å². The zero-order valence-electron chi connectivity index (χ0n) is 15.7. The van der Waals surface area contributed by atoms with Crippen molar-refractivity contribution in [3.05, 3.63) is 24.3 Å². The van der Waals surface area contributed by atoms with Gasteiger partial charge in [0, 0.05) is 0 Å². The van der Waals surface area contributed by atoms with Crippen LogP contribution in [0.5, 0.6) is 11.5 Å². The van der Waals surface area contributed by atoms with Crippen LogP contribution >= 0.6 is 7.51 Å². The zero-order chi connectivity index (χ0) is 20.7. The molecule has 3 aliphatic heterocycles. The predicted octanol–water partition coefficient (Wildman–Crippen LogP) is 4.45. The van der Waals surface area contributed by atoms with E-state index in [1.165, 1.54) is 26.0 Å². The van der Waals surface area contributed by atoms with Crippen molar-refractivity contribution in [1.82, 2.24) is 0 Å². The number of rotatable bonds is 2. The number of benzene rings is 1. The Balaban J connectivity index is 2.05. The van der Waals surface area contributed by atoms with Crippen LogP contribution in [0.2, 0.25) is 0 Å². The number of ether oxygens (including phenoxy) is 2. The predicted molar refractivity (Wildman–Crippen MR) is 90.4 cm³/mol. The van der Waals surface area contributed by atoms with Gasteiger partial charge in [0.15, 0.2) is 0 Å². The molecule has 11 heteroatoms. The molecule has 0 aliphatic carbocycles. The summed E-state index contributed by atoms with van der Waals surface area (Å²) in [6.07, 6.45) is -5.42. The number of hydrogen-bond acceptors (Lipinski definition) is 7. The van der Waals surface area contributed by atoms with Crippen molar-refractivity contribution in [2.24, 2.45) is 0 Å². The average molecular weight is 424 g/mol. The van der Waals surface area contributed by atoms with E-state index in [1.807, 2.05) is 0 Å². The maximum absolute atomic E-state index is 14.7. The van der Waals surface area contributed by atoms with Crippen LogP contribution in [0.1, 0.15) is 34.1 Å². The van der Waals surface area contributed by atoms with Gasteiger partial charge in [0.05, 0.1) is 0 Å². The molecular weight excluding hydrogens is 404 g/mol. The van der Waals surface area contributed by atoms with E-state index in [9.17, 15) is 18.0 Å². The SMILES string of the molecule is CCOC(=O)C1(C(F)(F)F)OC2(C)CC(C)(C)OP13(Oc1ccccc1O3)O2. The molecule has 2 unspecified atom stereocenters. The number of hydrogen-bond donors (Lipinski definition) is 0. The van der Waals surface area contributed by atoms with Gasteiger partial charge in [0.25, 0.3) is 0 Å². The first-order chi connectivity index (χ1) is 12.8. The molecule has 0 saturated carbocycles. The molecule has 3 aliphatic rings. The van der Waals surface area contributed by atoms with Crippen LogP contribution < -0.4 is 9.05 Å². The number of halogens is 3. The number of esters is 1. The molecular formula is C17H20F3O7P. The number of carbonyl (C=O) groups is 1. The van der Waals surface area contributed by atoms with Crippen LogP contribution in [0.3, 0.4) is 0 Å². The van der Waals surface area contributed by atoms with Gasteiger partial charge in [-0.15, -0.1) is 0 Å². The molecule has 0 aromatic heterocycles. The standard InChI is InChI=1S/C17H20F3O7P/c1-5-22-13(21)16(17(18,19)20)25-15(4)10-14(2,3)26-28(16,27-15)23-11-8-6-7-9-12(11)24-28/h6-9H,5,10H2,1-4H3. The Bertz CT molecular complexity index is 832. The molecule has 2 atom stereocenters. The van der Waals surface area contributed by atoms with Gasteiger partial charge in [-0.25, -0.2) is 0 Å².